The Morgan fingerprint density at radius 1 is 1.07 bits per heavy atom. The van der Waals surface area contributed by atoms with E-state index in [1.807, 2.05) is 61.5 Å². The molecule has 1 fully saturated rings. The average Bonchev–Trinajstić information content (AvgIpc) is 3.50. The molecule has 2 aliphatic rings. The first-order valence-electron chi connectivity index (χ1n) is 13.9. The standard InChI is InChI=1S/C31H32N4O6S/c1-3-28(29(36)32-21-5-4-6-23(16-21)38-2)42-31-33-25-9-8-22(34-11-13-39-14-12-34)17-24(25)30(37)35(31)18-20-7-10-26-27(15-20)41-19-40-26/h4-10,15-17,28H,3,11-14,18-19H2,1-2H3,(H,32,36)/t28-/m0/s1. The minimum Gasteiger partial charge on any atom is -0.497 e. The van der Waals surface area contributed by atoms with Crippen molar-refractivity contribution in [3.05, 3.63) is 76.6 Å². The van der Waals surface area contributed by atoms with Crippen molar-refractivity contribution >= 4 is 39.9 Å². The van der Waals surface area contributed by atoms with Gasteiger partial charge in [-0.25, -0.2) is 4.98 Å². The predicted molar refractivity (Wildman–Crippen MR) is 162 cm³/mol. The Hall–Kier alpha value is -4.22. The number of thioether (sulfide) groups is 1. The number of amides is 1. The van der Waals surface area contributed by atoms with Crippen molar-refractivity contribution in [2.75, 3.05) is 50.4 Å². The molecule has 3 aromatic carbocycles. The lowest BCUT2D eigenvalue weighted by Crippen LogP contribution is -2.36. The number of anilines is 2. The third kappa shape index (κ3) is 5.88. The van der Waals surface area contributed by atoms with Gasteiger partial charge in [0.2, 0.25) is 12.7 Å². The van der Waals surface area contributed by atoms with Crippen LogP contribution in [0.25, 0.3) is 10.9 Å². The van der Waals surface area contributed by atoms with Crippen LogP contribution in [0.5, 0.6) is 17.2 Å². The van der Waals surface area contributed by atoms with Crippen LogP contribution in [0.3, 0.4) is 0 Å². The SMILES string of the molecule is CC[C@H](Sc1nc2ccc(N3CCOCC3)cc2c(=O)n1Cc1ccc2c(c1)OCO2)C(=O)Nc1cccc(OC)c1. The fourth-order valence-corrected chi connectivity index (χ4v) is 6.04. The number of fused-ring (bicyclic) bond motifs is 2. The summed E-state index contributed by atoms with van der Waals surface area (Å²) < 4.78 is 23.5. The van der Waals surface area contributed by atoms with Crippen LogP contribution in [-0.2, 0) is 16.1 Å². The van der Waals surface area contributed by atoms with E-state index in [0.29, 0.717) is 58.6 Å². The molecular formula is C31H32N4O6S. The zero-order chi connectivity index (χ0) is 29.1. The number of benzene rings is 3. The molecule has 2 aliphatic heterocycles. The van der Waals surface area contributed by atoms with Gasteiger partial charge in [0.15, 0.2) is 16.7 Å². The van der Waals surface area contributed by atoms with Gasteiger partial charge in [-0.1, -0.05) is 30.8 Å². The molecule has 218 valence electrons. The Balaban J connectivity index is 1.36. The number of carbonyl (C=O) groups excluding carboxylic acids is 1. The molecule has 4 aromatic rings. The number of nitrogens with zero attached hydrogens (tertiary/aromatic N) is 3. The molecule has 0 aliphatic carbocycles. The van der Waals surface area contributed by atoms with E-state index in [-0.39, 0.29) is 24.8 Å². The third-order valence-corrected chi connectivity index (χ3v) is 8.66. The summed E-state index contributed by atoms with van der Waals surface area (Å²) in [5.74, 6) is 1.79. The highest BCUT2D eigenvalue weighted by molar-refractivity contribution is 8.00. The van der Waals surface area contributed by atoms with Crippen molar-refractivity contribution in [1.82, 2.24) is 9.55 Å². The smallest absolute Gasteiger partial charge is 0.262 e. The molecule has 0 spiro atoms. The van der Waals surface area contributed by atoms with E-state index in [1.54, 1.807) is 17.7 Å². The molecule has 10 nitrogen and oxygen atoms in total. The summed E-state index contributed by atoms with van der Waals surface area (Å²) in [4.78, 5) is 34.6. The van der Waals surface area contributed by atoms with Gasteiger partial charge in [-0.05, 0) is 54.4 Å². The Morgan fingerprint density at radius 2 is 1.90 bits per heavy atom. The summed E-state index contributed by atoms with van der Waals surface area (Å²) in [5.41, 5.74) is 2.88. The first-order chi connectivity index (χ1) is 20.5. The summed E-state index contributed by atoms with van der Waals surface area (Å²) in [6.45, 7) is 5.20. The molecule has 0 bridgehead atoms. The maximum atomic E-state index is 14.1. The zero-order valence-corrected chi connectivity index (χ0v) is 24.3. The minimum absolute atomic E-state index is 0.168. The van der Waals surface area contributed by atoms with Crippen molar-refractivity contribution in [3.8, 4) is 17.2 Å². The van der Waals surface area contributed by atoms with Gasteiger partial charge in [0.25, 0.3) is 5.56 Å². The van der Waals surface area contributed by atoms with E-state index in [4.69, 9.17) is 23.9 Å². The van der Waals surface area contributed by atoms with Gasteiger partial charge in [-0.3, -0.25) is 14.2 Å². The van der Waals surface area contributed by atoms with Gasteiger partial charge in [0, 0.05) is 30.5 Å². The number of rotatable bonds is 9. The van der Waals surface area contributed by atoms with Gasteiger partial charge in [-0.2, -0.15) is 0 Å². The number of methoxy groups -OCH3 is 1. The van der Waals surface area contributed by atoms with Crippen molar-refractivity contribution < 1.29 is 23.7 Å². The summed E-state index contributed by atoms with van der Waals surface area (Å²) in [6.07, 6.45) is 0.536. The van der Waals surface area contributed by atoms with E-state index in [1.165, 1.54) is 11.8 Å². The number of morpholine rings is 1. The van der Waals surface area contributed by atoms with Crippen LogP contribution in [-0.4, -0.2) is 60.9 Å². The fraction of sp³-hybridized carbons (Fsp3) is 0.323. The fourth-order valence-electron chi connectivity index (χ4n) is 5.03. The Kier molecular flexibility index (Phi) is 8.20. The van der Waals surface area contributed by atoms with Crippen LogP contribution in [0.4, 0.5) is 11.4 Å². The minimum atomic E-state index is -0.490. The Labute approximate surface area is 247 Å². The number of aromatic nitrogens is 2. The van der Waals surface area contributed by atoms with Crippen LogP contribution in [0, 0.1) is 0 Å². The second kappa shape index (κ2) is 12.3. The van der Waals surface area contributed by atoms with Crippen LogP contribution in [0.1, 0.15) is 18.9 Å². The van der Waals surface area contributed by atoms with Crippen LogP contribution in [0.2, 0.25) is 0 Å². The molecule has 11 heteroatoms. The summed E-state index contributed by atoms with van der Waals surface area (Å²) in [7, 11) is 1.58. The third-order valence-electron chi connectivity index (χ3n) is 7.30. The van der Waals surface area contributed by atoms with Crippen LogP contribution < -0.4 is 30.0 Å². The van der Waals surface area contributed by atoms with Crippen LogP contribution in [0.15, 0.2) is 70.6 Å². The second-order valence-corrected chi connectivity index (χ2v) is 11.2. The second-order valence-electron chi connectivity index (χ2n) is 10.0. The molecule has 1 N–H and O–H groups in total. The molecule has 0 saturated carbocycles. The quantitative estimate of drug-likeness (QED) is 0.223. The van der Waals surface area contributed by atoms with Gasteiger partial charge in [-0.15, -0.1) is 0 Å². The van der Waals surface area contributed by atoms with Gasteiger partial charge < -0.3 is 29.2 Å². The predicted octanol–water partition coefficient (Wildman–Crippen LogP) is 4.53. The molecule has 3 heterocycles. The lowest BCUT2D eigenvalue weighted by atomic mass is 10.1. The number of hydrogen-bond acceptors (Lipinski definition) is 9. The van der Waals surface area contributed by atoms with Crippen molar-refractivity contribution in [2.24, 2.45) is 0 Å². The van der Waals surface area contributed by atoms with E-state index >= 15 is 0 Å². The van der Waals surface area contributed by atoms with E-state index < -0.39 is 5.25 Å². The first kappa shape index (κ1) is 27.9. The van der Waals surface area contributed by atoms with E-state index in [9.17, 15) is 9.59 Å². The number of hydrogen-bond donors (Lipinski definition) is 1. The van der Waals surface area contributed by atoms with Crippen molar-refractivity contribution in [2.45, 2.75) is 30.3 Å². The normalized spacial score (nSPS) is 15.0. The number of carbonyl (C=O) groups is 1. The summed E-state index contributed by atoms with van der Waals surface area (Å²) >= 11 is 1.28. The summed E-state index contributed by atoms with van der Waals surface area (Å²) in [5, 5.41) is 3.49. The first-order valence-corrected chi connectivity index (χ1v) is 14.8. The van der Waals surface area contributed by atoms with Crippen molar-refractivity contribution in [3.63, 3.8) is 0 Å². The lowest BCUT2D eigenvalue weighted by Gasteiger charge is -2.29. The molecule has 1 atom stereocenters. The zero-order valence-electron chi connectivity index (χ0n) is 23.5. The highest BCUT2D eigenvalue weighted by Gasteiger charge is 2.24. The molecular weight excluding hydrogens is 556 g/mol. The number of ether oxygens (including phenoxy) is 4. The van der Waals surface area contributed by atoms with Crippen molar-refractivity contribution in [1.29, 1.82) is 0 Å². The Morgan fingerprint density at radius 3 is 2.71 bits per heavy atom. The highest BCUT2D eigenvalue weighted by atomic mass is 32.2. The Bertz CT molecular complexity index is 1670. The van der Waals surface area contributed by atoms with Crippen LogP contribution >= 0.6 is 11.8 Å². The largest absolute Gasteiger partial charge is 0.497 e. The molecule has 1 aromatic heterocycles. The molecule has 1 amide bonds. The van der Waals surface area contributed by atoms with Gasteiger partial charge in [0.1, 0.15) is 5.75 Å². The molecule has 6 rings (SSSR count). The maximum Gasteiger partial charge on any atom is 0.262 e. The molecule has 42 heavy (non-hydrogen) atoms. The molecule has 0 unspecified atom stereocenters. The maximum absolute atomic E-state index is 14.1. The number of nitrogens with one attached hydrogen (secondary N) is 1. The van der Waals surface area contributed by atoms with E-state index in [2.05, 4.69) is 10.2 Å². The topological polar surface area (TPSA) is 104 Å². The monoisotopic (exact) mass is 588 g/mol. The van der Waals surface area contributed by atoms with Gasteiger partial charge >= 0.3 is 0 Å². The van der Waals surface area contributed by atoms with E-state index in [0.717, 1.165) is 24.3 Å². The summed E-state index contributed by atoms with van der Waals surface area (Å²) in [6, 6.07) is 18.6. The molecule has 0 radical (unpaired) electrons. The molecule has 1 saturated heterocycles. The lowest BCUT2D eigenvalue weighted by molar-refractivity contribution is -0.115. The highest BCUT2D eigenvalue weighted by Crippen LogP contribution is 2.34. The van der Waals surface area contributed by atoms with Gasteiger partial charge in [0.05, 0.1) is 43.0 Å². The average molecular weight is 589 g/mol.